The highest BCUT2D eigenvalue weighted by molar-refractivity contribution is 5.86. The van der Waals surface area contributed by atoms with Gasteiger partial charge in [-0.1, -0.05) is 85.1 Å². The fourth-order valence-electron chi connectivity index (χ4n) is 12.7. The highest BCUT2D eigenvalue weighted by atomic mass is 16.7. The lowest BCUT2D eigenvalue weighted by molar-refractivity contribution is -0.318. The van der Waals surface area contributed by atoms with Crippen LogP contribution in [0.2, 0.25) is 0 Å². The number of nitrogens with zero attached hydrogens (tertiary/aromatic N) is 3. The number of ether oxygens (including phenoxy) is 3. The third-order valence-electron chi connectivity index (χ3n) is 16.2. The van der Waals surface area contributed by atoms with Crippen molar-refractivity contribution in [1.82, 2.24) is 15.0 Å². The number of fused-ring (bicyclic) bond motifs is 7. The summed E-state index contributed by atoms with van der Waals surface area (Å²) in [5, 5.41) is 29.8. The molecule has 5 aliphatic carbocycles. The maximum atomic E-state index is 13.7. The molecule has 0 spiro atoms. The first kappa shape index (κ1) is 40.4. The monoisotopic (exact) mass is 753 g/mol. The van der Waals surface area contributed by atoms with Gasteiger partial charge in [-0.2, -0.15) is 0 Å². The minimum Gasteiger partial charge on any atom is -0.459 e. The zero-order chi connectivity index (χ0) is 39.5. The lowest BCUT2D eigenvalue weighted by Crippen LogP contribution is -2.68. The van der Waals surface area contributed by atoms with Crippen LogP contribution >= 0.6 is 0 Å². The molecule has 0 radical (unpaired) electrons. The Balaban J connectivity index is 1.19. The first-order valence-electron chi connectivity index (χ1n) is 20.4. The minimum atomic E-state index is -1.68. The molecule has 54 heavy (non-hydrogen) atoms. The molecule has 0 saturated heterocycles. The molecule has 2 unspecified atom stereocenters. The predicted octanol–water partition coefficient (Wildman–Crippen LogP) is 8.01. The van der Waals surface area contributed by atoms with Gasteiger partial charge in [0.2, 0.25) is 5.79 Å². The summed E-state index contributed by atoms with van der Waals surface area (Å²) in [5.41, 5.74) is -0.281. The summed E-state index contributed by atoms with van der Waals surface area (Å²) in [7, 11) is 0. The Labute approximate surface area is 320 Å². The molecule has 0 bridgehead atoms. The van der Waals surface area contributed by atoms with Gasteiger partial charge in [-0.15, -0.1) is 5.10 Å². The Kier molecular flexibility index (Phi) is 10.7. The summed E-state index contributed by atoms with van der Waals surface area (Å²) in [6.07, 6.45) is 12.1. The summed E-state index contributed by atoms with van der Waals surface area (Å²) >= 11 is 0. The molecule has 5 aliphatic rings. The largest absolute Gasteiger partial charge is 0.513 e. The fraction of sp³-hybridized carbons (Fsp3) is 0.810. The van der Waals surface area contributed by atoms with E-state index in [1.165, 1.54) is 10.3 Å². The lowest BCUT2D eigenvalue weighted by atomic mass is 9.33. The van der Waals surface area contributed by atoms with Gasteiger partial charge in [0.05, 0.1) is 11.6 Å². The van der Waals surface area contributed by atoms with Crippen molar-refractivity contribution in [3.8, 4) is 0 Å². The molecule has 1 aromatic heterocycles. The average Bonchev–Trinajstić information content (AvgIpc) is 3.54. The van der Waals surface area contributed by atoms with Crippen LogP contribution in [0.5, 0.6) is 0 Å². The molecule has 0 amide bonds. The first-order chi connectivity index (χ1) is 25.3. The molecule has 12 heteroatoms. The van der Waals surface area contributed by atoms with Gasteiger partial charge < -0.3 is 24.4 Å². The van der Waals surface area contributed by atoms with Crippen LogP contribution in [-0.4, -0.2) is 55.1 Å². The van der Waals surface area contributed by atoms with Crippen molar-refractivity contribution in [2.45, 2.75) is 158 Å². The van der Waals surface area contributed by atoms with Crippen LogP contribution in [0.4, 0.5) is 4.79 Å². The van der Waals surface area contributed by atoms with E-state index in [1.54, 1.807) is 6.20 Å². The van der Waals surface area contributed by atoms with Gasteiger partial charge in [0.1, 0.15) is 18.8 Å². The number of unbranched alkanes of at least 4 members (excludes halogenated alkanes) is 2. The van der Waals surface area contributed by atoms with Crippen LogP contribution in [0.25, 0.3) is 0 Å². The van der Waals surface area contributed by atoms with Crippen LogP contribution in [0, 0.1) is 56.7 Å². The molecule has 300 valence electrons. The standard InChI is InChI=1S/C42H63N3O9/c1-9-10-11-12-32(46)52-25-28-23-45(44-43-28)24-33(47)54-42(51)22-19-38(6)30(37(42,4)5)16-17-40(8)31(38)14-13-29-34-27(3)26(2)15-18-41(34,21-20-39(29,40)7)35(48)53-36(49)50/h13,23,26-27,30-31,34,51H,9-12,14-22,24-25H2,1-8H3,(H,49,50)/t26-,27+,30?,31-,34+,38+,39-,40-,41+,42?/m1/s1. The number of carbonyl (C=O) groups is 4. The number of carboxylic acid groups (broad SMARTS) is 1. The molecule has 12 nitrogen and oxygen atoms in total. The van der Waals surface area contributed by atoms with Crippen LogP contribution in [-0.2, 0) is 41.7 Å². The molecule has 2 N–H and O–H groups in total. The number of rotatable bonds is 10. The maximum Gasteiger partial charge on any atom is 0.513 e. The van der Waals surface area contributed by atoms with Crippen molar-refractivity contribution in [1.29, 1.82) is 0 Å². The van der Waals surface area contributed by atoms with Crippen molar-refractivity contribution in [3.63, 3.8) is 0 Å². The van der Waals surface area contributed by atoms with Crippen LogP contribution < -0.4 is 0 Å². The van der Waals surface area contributed by atoms with E-state index in [1.807, 2.05) is 13.8 Å². The topological polar surface area (TPSA) is 167 Å². The molecule has 1 heterocycles. The molecule has 1 aromatic rings. The predicted molar refractivity (Wildman–Crippen MR) is 198 cm³/mol. The minimum absolute atomic E-state index is 0.0238. The smallest absolute Gasteiger partial charge is 0.459 e. The van der Waals surface area contributed by atoms with Crippen LogP contribution in [0.15, 0.2) is 17.8 Å². The van der Waals surface area contributed by atoms with E-state index >= 15 is 0 Å². The van der Waals surface area contributed by atoms with E-state index < -0.39 is 34.7 Å². The van der Waals surface area contributed by atoms with Gasteiger partial charge >= 0.3 is 24.1 Å². The first-order valence-corrected chi connectivity index (χ1v) is 20.4. The molecule has 4 fully saturated rings. The summed E-state index contributed by atoms with van der Waals surface area (Å²) in [5.74, 6) is -2.27. The summed E-state index contributed by atoms with van der Waals surface area (Å²) < 4.78 is 17.6. The second-order valence-electron chi connectivity index (χ2n) is 19.0. The molecule has 6 rings (SSSR count). The SMILES string of the molecule is CCCCCC(=O)OCc1cn(CC(=O)OC2(O)CC[C@@]3(C)C(CC[C@]4(C)[C@@H]3CC=C3[C@@H]5[C@@H](C)[C@H](C)CC[C@]5(C(=O)OC(=O)O)CC[C@]34C)C2(C)C)nn1. The van der Waals surface area contributed by atoms with E-state index in [0.717, 1.165) is 51.4 Å². The highest BCUT2D eigenvalue weighted by Crippen LogP contribution is 2.76. The number of hydrogen-bond donors (Lipinski definition) is 2. The van der Waals surface area contributed by atoms with E-state index in [2.05, 4.69) is 57.9 Å². The Morgan fingerprint density at radius 2 is 1.67 bits per heavy atom. The molecule has 0 aliphatic heterocycles. The van der Waals surface area contributed by atoms with Crippen molar-refractivity contribution in [3.05, 3.63) is 23.5 Å². The fourth-order valence-corrected chi connectivity index (χ4v) is 12.7. The van der Waals surface area contributed by atoms with E-state index in [4.69, 9.17) is 14.2 Å². The maximum absolute atomic E-state index is 13.7. The number of aliphatic hydroxyl groups is 1. The number of esters is 3. The highest BCUT2D eigenvalue weighted by Gasteiger charge is 2.71. The van der Waals surface area contributed by atoms with Crippen LogP contribution in [0.3, 0.4) is 0 Å². The second kappa shape index (κ2) is 14.3. The van der Waals surface area contributed by atoms with Gasteiger partial charge in [-0.25, -0.2) is 14.3 Å². The van der Waals surface area contributed by atoms with Crippen LogP contribution in [0.1, 0.15) is 145 Å². The Bertz CT molecular complexity index is 1670. The molecule has 10 atom stereocenters. The summed E-state index contributed by atoms with van der Waals surface area (Å²) in [6.45, 7) is 17.6. The van der Waals surface area contributed by atoms with E-state index in [-0.39, 0.29) is 53.1 Å². The Morgan fingerprint density at radius 1 is 0.926 bits per heavy atom. The molecule has 0 aromatic carbocycles. The second-order valence-corrected chi connectivity index (χ2v) is 19.0. The number of allylic oxidation sites excluding steroid dienone is 2. The van der Waals surface area contributed by atoms with Gasteiger partial charge in [-0.05, 0) is 104 Å². The molecule has 4 saturated carbocycles. The van der Waals surface area contributed by atoms with E-state index in [0.29, 0.717) is 49.6 Å². The van der Waals surface area contributed by atoms with Gasteiger partial charge in [0, 0.05) is 18.3 Å². The lowest BCUT2D eigenvalue weighted by Gasteiger charge is -2.72. The number of hydrogen-bond acceptors (Lipinski definition) is 10. The number of aromatic nitrogens is 3. The molecular formula is C42H63N3O9. The molecular weight excluding hydrogens is 690 g/mol. The zero-order valence-corrected chi connectivity index (χ0v) is 33.7. The third kappa shape index (κ3) is 6.39. The van der Waals surface area contributed by atoms with E-state index in [9.17, 15) is 29.4 Å². The Morgan fingerprint density at radius 3 is 2.37 bits per heavy atom. The average molecular weight is 754 g/mol. The number of carbonyl (C=O) groups excluding carboxylic acids is 3. The quantitative estimate of drug-likeness (QED) is 0.0593. The zero-order valence-electron chi connectivity index (χ0n) is 33.7. The third-order valence-corrected chi connectivity index (χ3v) is 16.2. The summed E-state index contributed by atoms with van der Waals surface area (Å²) in [4.78, 5) is 50.7. The van der Waals surface area contributed by atoms with Crippen molar-refractivity contribution in [2.24, 2.45) is 56.7 Å². The van der Waals surface area contributed by atoms with Gasteiger partial charge in [-0.3, -0.25) is 9.59 Å². The van der Waals surface area contributed by atoms with Crippen molar-refractivity contribution in [2.75, 3.05) is 0 Å². The van der Waals surface area contributed by atoms with Crippen molar-refractivity contribution >= 4 is 24.1 Å². The summed E-state index contributed by atoms with van der Waals surface area (Å²) in [6, 6.07) is 0. The normalized spacial score (nSPS) is 39.4. The van der Waals surface area contributed by atoms with Gasteiger partial charge in [0.15, 0.2) is 0 Å². The van der Waals surface area contributed by atoms with Gasteiger partial charge in [0.25, 0.3) is 0 Å². The Hall–Kier alpha value is -3.28. The van der Waals surface area contributed by atoms with Crippen molar-refractivity contribution < 1.29 is 43.6 Å².